The third kappa shape index (κ3) is 2.69. The molecule has 1 aromatic rings. The van der Waals surface area contributed by atoms with Gasteiger partial charge in [0.1, 0.15) is 0 Å². The Kier molecular flexibility index (Phi) is 4.12. The molecule has 4 nitrogen and oxygen atoms in total. The Morgan fingerprint density at radius 2 is 1.75 bits per heavy atom. The van der Waals surface area contributed by atoms with Gasteiger partial charge in [0.25, 0.3) is 5.91 Å². The van der Waals surface area contributed by atoms with Gasteiger partial charge in [-0.1, -0.05) is 31.0 Å². The molecular formula is C16H21NO3. The maximum atomic E-state index is 12.3. The monoisotopic (exact) mass is 275 g/mol. The van der Waals surface area contributed by atoms with Crippen LogP contribution >= 0.6 is 0 Å². The lowest BCUT2D eigenvalue weighted by Crippen LogP contribution is -2.41. The van der Waals surface area contributed by atoms with Gasteiger partial charge < -0.3 is 10.4 Å². The number of amides is 1. The first-order valence-corrected chi connectivity index (χ1v) is 7.04. The van der Waals surface area contributed by atoms with Crippen LogP contribution in [-0.2, 0) is 4.79 Å². The van der Waals surface area contributed by atoms with E-state index in [9.17, 15) is 14.7 Å². The lowest BCUT2D eigenvalue weighted by molar-refractivity contribution is -0.148. The molecule has 0 heterocycles. The van der Waals surface area contributed by atoms with Gasteiger partial charge in [-0.3, -0.25) is 9.59 Å². The summed E-state index contributed by atoms with van der Waals surface area (Å²) in [6, 6.07) is 5.70. The fourth-order valence-corrected chi connectivity index (χ4v) is 3.03. The van der Waals surface area contributed by atoms with E-state index in [1.807, 2.05) is 32.0 Å². The van der Waals surface area contributed by atoms with Crippen LogP contribution in [0, 0.1) is 19.3 Å². The average Bonchev–Trinajstić information content (AvgIpc) is 2.86. The van der Waals surface area contributed by atoms with Crippen LogP contribution in [-0.4, -0.2) is 23.5 Å². The summed E-state index contributed by atoms with van der Waals surface area (Å²) in [7, 11) is 0. The summed E-state index contributed by atoms with van der Waals surface area (Å²) in [6.07, 6.45) is 3.14. The van der Waals surface area contributed by atoms with Gasteiger partial charge in [0.05, 0.1) is 5.41 Å². The third-order valence-electron chi connectivity index (χ3n) is 4.31. The standard InChI is InChI=1S/C16H21NO3/c1-11-6-5-7-12(2)13(11)14(18)17-10-16(15(19)20)8-3-4-9-16/h5-7H,3-4,8-10H2,1-2H3,(H,17,18)(H,19,20). The van der Waals surface area contributed by atoms with Gasteiger partial charge in [0.2, 0.25) is 0 Å². The first kappa shape index (κ1) is 14.6. The molecule has 1 fully saturated rings. The highest BCUT2D eigenvalue weighted by Gasteiger charge is 2.41. The molecule has 0 atom stereocenters. The molecule has 2 rings (SSSR count). The van der Waals surface area contributed by atoms with Crippen molar-refractivity contribution in [2.45, 2.75) is 39.5 Å². The summed E-state index contributed by atoms with van der Waals surface area (Å²) in [5.41, 5.74) is 1.72. The predicted octanol–water partition coefficient (Wildman–Crippen LogP) is 2.68. The SMILES string of the molecule is Cc1cccc(C)c1C(=O)NCC1(C(=O)O)CCCC1. The molecule has 1 amide bonds. The van der Waals surface area contributed by atoms with E-state index < -0.39 is 11.4 Å². The Balaban J connectivity index is 2.11. The van der Waals surface area contributed by atoms with Crippen molar-refractivity contribution < 1.29 is 14.7 Å². The largest absolute Gasteiger partial charge is 0.481 e. The van der Waals surface area contributed by atoms with E-state index in [0.717, 1.165) is 24.0 Å². The Bertz CT molecular complexity index is 510. The number of rotatable bonds is 4. The Labute approximate surface area is 119 Å². The van der Waals surface area contributed by atoms with E-state index >= 15 is 0 Å². The highest BCUT2D eigenvalue weighted by atomic mass is 16.4. The number of carbonyl (C=O) groups is 2. The molecule has 1 aliphatic carbocycles. The minimum atomic E-state index is -0.795. The van der Waals surface area contributed by atoms with Crippen LogP contribution in [0.25, 0.3) is 0 Å². The van der Waals surface area contributed by atoms with Crippen molar-refractivity contribution in [3.05, 3.63) is 34.9 Å². The molecule has 0 spiro atoms. The number of aryl methyl sites for hydroxylation is 2. The first-order valence-electron chi connectivity index (χ1n) is 7.04. The lowest BCUT2D eigenvalue weighted by Gasteiger charge is -2.24. The highest BCUT2D eigenvalue weighted by molar-refractivity contribution is 5.97. The Morgan fingerprint density at radius 3 is 2.25 bits per heavy atom. The Hall–Kier alpha value is -1.84. The molecule has 1 aliphatic rings. The summed E-state index contributed by atoms with van der Waals surface area (Å²) in [5, 5.41) is 12.2. The number of carboxylic acid groups (broad SMARTS) is 1. The van der Waals surface area contributed by atoms with Crippen molar-refractivity contribution >= 4 is 11.9 Å². The first-order chi connectivity index (χ1) is 9.46. The van der Waals surface area contributed by atoms with Crippen LogP contribution in [0.1, 0.15) is 47.2 Å². The van der Waals surface area contributed by atoms with Gasteiger partial charge in [-0.25, -0.2) is 0 Å². The zero-order valence-corrected chi connectivity index (χ0v) is 12.0. The van der Waals surface area contributed by atoms with Crippen molar-refractivity contribution in [3.8, 4) is 0 Å². The molecule has 2 N–H and O–H groups in total. The number of nitrogens with one attached hydrogen (secondary N) is 1. The molecule has 108 valence electrons. The van der Waals surface area contributed by atoms with Crippen LogP contribution in [0.4, 0.5) is 0 Å². The van der Waals surface area contributed by atoms with Gasteiger partial charge >= 0.3 is 5.97 Å². The van der Waals surface area contributed by atoms with E-state index in [1.54, 1.807) is 0 Å². The van der Waals surface area contributed by atoms with Crippen molar-refractivity contribution in [1.82, 2.24) is 5.32 Å². The van der Waals surface area contributed by atoms with Crippen molar-refractivity contribution in [2.75, 3.05) is 6.54 Å². The molecule has 0 radical (unpaired) electrons. The molecule has 0 aromatic heterocycles. The van der Waals surface area contributed by atoms with Crippen molar-refractivity contribution in [1.29, 1.82) is 0 Å². The number of hydrogen-bond donors (Lipinski definition) is 2. The van der Waals surface area contributed by atoms with Crippen LogP contribution in [0.5, 0.6) is 0 Å². The zero-order valence-electron chi connectivity index (χ0n) is 12.0. The van der Waals surface area contributed by atoms with Crippen LogP contribution in [0.3, 0.4) is 0 Å². The fraction of sp³-hybridized carbons (Fsp3) is 0.500. The quantitative estimate of drug-likeness (QED) is 0.887. The van der Waals surface area contributed by atoms with E-state index in [-0.39, 0.29) is 12.5 Å². The van der Waals surface area contributed by atoms with Gasteiger partial charge in [0.15, 0.2) is 0 Å². The number of aliphatic carboxylic acids is 1. The summed E-state index contributed by atoms with van der Waals surface area (Å²) < 4.78 is 0. The normalized spacial score (nSPS) is 16.9. The number of benzene rings is 1. The van der Waals surface area contributed by atoms with E-state index in [1.165, 1.54) is 0 Å². The molecule has 20 heavy (non-hydrogen) atoms. The fourth-order valence-electron chi connectivity index (χ4n) is 3.03. The number of carbonyl (C=O) groups excluding carboxylic acids is 1. The van der Waals surface area contributed by atoms with Crippen LogP contribution in [0.2, 0.25) is 0 Å². The number of carboxylic acids is 1. The molecule has 0 aliphatic heterocycles. The molecule has 1 aromatic carbocycles. The molecule has 0 unspecified atom stereocenters. The van der Waals surface area contributed by atoms with Gasteiger partial charge in [-0.15, -0.1) is 0 Å². The van der Waals surface area contributed by atoms with Gasteiger partial charge in [-0.05, 0) is 37.8 Å². The van der Waals surface area contributed by atoms with E-state index in [0.29, 0.717) is 18.4 Å². The summed E-state index contributed by atoms with van der Waals surface area (Å²) >= 11 is 0. The van der Waals surface area contributed by atoms with E-state index in [2.05, 4.69) is 5.32 Å². The molecule has 0 bridgehead atoms. The summed E-state index contributed by atoms with van der Waals surface area (Å²) in [5.74, 6) is -0.968. The highest BCUT2D eigenvalue weighted by Crippen LogP contribution is 2.37. The second-order valence-electron chi connectivity index (χ2n) is 5.74. The van der Waals surface area contributed by atoms with Crippen LogP contribution < -0.4 is 5.32 Å². The molecular weight excluding hydrogens is 254 g/mol. The van der Waals surface area contributed by atoms with E-state index in [4.69, 9.17) is 0 Å². The predicted molar refractivity (Wildman–Crippen MR) is 76.8 cm³/mol. The second-order valence-corrected chi connectivity index (χ2v) is 5.74. The summed E-state index contributed by atoms with van der Waals surface area (Å²) in [6.45, 7) is 4.00. The van der Waals surface area contributed by atoms with Gasteiger partial charge in [0, 0.05) is 12.1 Å². The summed E-state index contributed by atoms with van der Waals surface area (Å²) in [4.78, 5) is 23.8. The topological polar surface area (TPSA) is 66.4 Å². The van der Waals surface area contributed by atoms with Crippen LogP contribution in [0.15, 0.2) is 18.2 Å². The second kappa shape index (κ2) is 5.65. The third-order valence-corrected chi connectivity index (χ3v) is 4.31. The Morgan fingerprint density at radius 1 is 1.20 bits per heavy atom. The molecule has 4 heteroatoms. The number of hydrogen-bond acceptors (Lipinski definition) is 2. The maximum Gasteiger partial charge on any atom is 0.311 e. The smallest absolute Gasteiger partial charge is 0.311 e. The molecule has 1 saturated carbocycles. The zero-order chi connectivity index (χ0) is 14.8. The van der Waals surface area contributed by atoms with Gasteiger partial charge in [-0.2, -0.15) is 0 Å². The maximum absolute atomic E-state index is 12.3. The van der Waals surface area contributed by atoms with Crippen molar-refractivity contribution in [3.63, 3.8) is 0 Å². The molecule has 0 saturated heterocycles. The minimum Gasteiger partial charge on any atom is -0.481 e. The van der Waals surface area contributed by atoms with Crippen molar-refractivity contribution in [2.24, 2.45) is 5.41 Å². The lowest BCUT2D eigenvalue weighted by atomic mass is 9.86. The minimum absolute atomic E-state index is 0.173. The average molecular weight is 275 g/mol.